The molecule has 0 aliphatic carbocycles. The first-order valence-electron chi connectivity index (χ1n) is 6.06. The Morgan fingerprint density at radius 3 is 2.75 bits per heavy atom. The molecule has 1 aliphatic rings. The summed E-state index contributed by atoms with van der Waals surface area (Å²) in [6, 6.07) is 0. The summed E-state index contributed by atoms with van der Waals surface area (Å²) in [5, 5.41) is 12.3. The summed E-state index contributed by atoms with van der Waals surface area (Å²) in [4.78, 5) is 13.8. The number of nitrogens with zero attached hydrogens (tertiary/aromatic N) is 1. The highest BCUT2D eigenvalue weighted by Crippen LogP contribution is 2.15. The Labute approximate surface area is 98.0 Å². The number of piperidine rings is 1. The number of aliphatic hydroxyl groups excluding tert-OH is 1. The zero-order valence-corrected chi connectivity index (χ0v) is 10.6. The molecule has 1 aliphatic heterocycles. The normalized spacial score (nSPS) is 22.2. The molecule has 1 fully saturated rings. The van der Waals surface area contributed by atoms with Gasteiger partial charge in [0, 0.05) is 25.2 Å². The lowest BCUT2D eigenvalue weighted by Crippen LogP contribution is -2.48. The number of likely N-dealkylation sites (tertiary alicyclic amines) is 1. The molecule has 16 heavy (non-hydrogen) atoms. The van der Waals surface area contributed by atoms with Crippen LogP contribution in [0, 0.1) is 5.92 Å². The van der Waals surface area contributed by atoms with Crippen molar-refractivity contribution in [2.75, 3.05) is 26.2 Å². The van der Waals surface area contributed by atoms with Crippen molar-refractivity contribution < 1.29 is 9.90 Å². The number of rotatable bonds is 3. The predicted octanol–water partition coefficient (Wildman–Crippen LogP) is 0.605. The Morgan fingerprint density at radius 1 is 1.50 bits per heavy atom. The maximum Gasteiger partial charge on any atom is 0.236 e. The Morgan fingerprint density at radius 2 is 2.19 bits per heavy atom. The first-order valence-corrected chi connectivity index (χ1v) is 6.06. The highest BCUT2D eigenvalue weighted by Gasteiger charge is 2.23. The average molecular weight is 228 g/mol. The number of hydrogen-bond acceptors (Lipinski definition) is 3. The zero-order valence-electron chi connectivity index (χ0n) is 10.6. The summed E-state index contributed by atoms with van der Waals surface area (Å²) in [6.07, 6.45) is 2.04. The fourth-order valence-corrected chi connectivity index (χ4v) is 1.89. The summed E-state index contributed by atoms with van der Waals surface area (Å²) < 4.78 is 0. The van der Waals surface area contributed by atoms with Gasteiger partial charge in [-0.1, -0.05) is 0 Å². The van der Waals surface area contributed by atoms with Crippen molar-refractivity contribution in [1.29, 1.82) is 0 Å². The Bertz CT molecular complexity index is 236. The molecule has 0 radical (unpaired) electrons. The molecule has 0 aromatic carbocycles. The van der Waals surface area contributed by atoms with E-state index in [0.29, 0.717) is 13.1 Å². The molecule has 1 unspecified atom stereocenters. The molecular formula is C12H24N2O2. The minimum atomic E-state index is -0.0260. The predicted molar refractivity (Wildman–Crippen MR) is 64.1 cm³/mol. The van der Waals surface area contributed by atoms with Gasteiger partial charge in [0.1, 0.15) is 0 Å². The molecule has 0 saturated carbocycles. The van der Waals surface area contributed by atoms with Gasteiger partial charge < -0.3 is 15.3 Å². The fraction of sp³-hybridized carbons (Fsp3) is 0.917. The third kappa shape index (κ3) is 4.49. The molecule has 4 heteroatoms. The van der Waals surface area contributed by atoms with Crippen LogP contribution < -0.4 is 5.32 Å². The van der Waals surface area contributed by atoms with Crippen LogP contribution in [-0.2, 0) is 4.79 Å². The number of carbonyl (C=O) groups excluding carboxylic acids is 1. The van der Waals surface area contributed by atoms with Crippen LogP contribution in [0.2, 0.25) is 0 Å². The summed E-state index contributed by atoms with van der Waals surface area (Å²) in [7, 11) is 0. The maximum atomic E-state index is 11.9. The summed E-state index contributed by atoms with van der Waals surface area (Å²) >= 11 is 0. The van der Waals surface area contributed by atoms with Crippen molar-refractivity contribution in [2.45, 2.75) is 39.2 Å². The summed E-state index contributed by atoms with van der Waals surface area (Å²) in [5.41, 5.74) is -0.0260. The van der Waals surface area contributed by atoms with Gasteiger partial charge in [0.15, 0.2) is 0 Å². The van der Waals surface area contributed by atoms with Crippen LogP contribution in [0.15, 0.2) is 0 Å². The molecule has 1 heterocycles. The number of carbonyl (C=O) groups is 1. The van der Waals surface area contributed by atoms with Crippen LogP contribution >= 0.6 is 0 Å². The van der Waals surface area contributed by atoms with Gasteiger partial charge in [0.05, 0.1) is 6.54 Å². The van der Waals surface area contributed by atoms with Crippen molar-refractivity contribution in [3.63, 3.8) is 0 Å². The highest BCUT2D eigenvalue weighted by molar-refractivity contribution is 5.78. The Kier molecular flexibility index (Phi) is 4.74. The van der Waals surface area contributed by atoms with Gasteiger partial charge in [0.25, 0.3) is 0 Å². The second-order valence-electron chi connectivity index (χ2n) is 5.63. The van der Waals surface area contributed by atoms with Gasteiger partial charge in [-0.05, 0) is 39.5 Å². The van der Waals surface area contributed by atoms with Crippen LogP contribution in [-0.4, -0.2) is 47.7 Å². The van der Waals surface area contributed by atoms with Gasteiger partial charge in [-0.25, -0.2) is 0 Å². The van der Waals surface area contributed by atoms with E-state index in [0.717, 1.165) is 19.4 Å². The zero-order chi connectivity index (χ0) is 12.2. The van der Waals surface area contributed by atoms with Gasteiger partial charge in [-0.3, -0.25) is 4.79 Å². The van der Waals surface area contributed by atoms with Gasteiger partial charge >= 0.3 is 0 Å². The quantitative estimate of drug-likeness (QED) is 0.744. The molecule has 1 rings (SSSR count). The monoisotopic (exact) mass is 228 g/mol. The van der Waals surface area contributed by atoms with Crippen molar-refractivity contribution in [2.24, 2.45) is 5.92 Å². The largest absolute Gasteiger partial charge is 0.396 e. The van der Waals surface area contributed by atoms with Crippen molar-refractivity contribution in [3.05, 3.63) is 0 Å². The van der Waals surface area contributed by atoms with E-state index in [4.69, 9.17) is 5.11 Å². The number of hydrogen-bond donors (Lipinski definition) is 2. The van der Waals surface area contributed by atoms with E-state index >= 15 is 0 Å². The van der Waals surface area contributed by atoms with Crippen molar-refractivity contribution in [1.82, 2.24) is 10.2 Å². The van der Waals surface area contributed by atoms with E-state index < -0.39 is 0 Å². The van der Waals surface area contributed by atoms with E-state index in [1.54, 1.807) is 0 Å². The Balaban J connectivity index is 2.36. The third-order valence-corrected chi connectivity index (χ3v) is 2.90. The number of aliphatic hydroxyl groups is 1. The number of amides is 1. The molecule has 2 N–H and O–H groups in total. The van der Waals surface area contributed by atoms with E-state index in [1.165, 1.54) is 0 Å². The standard InChI is InChI=1S/C12H24N2O2/c1-12(2,3)13-7-11(16)14-6-4-5-10(8-14)9-15/h10,13,15H,4-9H2,1-3H3. The van der Waals surface area contributed by atoms with Crippen LogP contribution in [0.4, 0.5) is 0 Å². The molecule has 0 bridgehead atoms. The van der Waals surface area contributed by atoms with Crippen molar-refractivity contribution in [3.8, 4) is 0 Å². The molecule has 0 aromatic heterocycles. The second-order valence-corrected chi connectivity index (χ2v) is 5.63. The molecular weight excluding hydrogens is 204 g/mol. The van der Waals surface area contributed by atoms with E-state index in [9.17, 15) is 4.79 Å². The molecule has 1 atom stereocenters. The molecule has 1 saturated heterocycles. The van der Waals surface area contributed by atoms with Crippen LogP contribution in [0.5, 0.6) is 0 Å². The molecule has 94 valence electrons. The lowest BCUT2D eigenvalue weighted by Gasteiger charge is -2.33. The lowest BCUT2D eigenvalue weighted by atomic mass is 9.99. The van der Waals surface area contributed by atoms with E-state index in [1.807, 2.05) is 25.7 Å². The molecule has 0 aromatic rings. The smallest absolute Gasteiger partial charge is 0.236 e. The first kappa shape index (κ1) is 13.5. The summed E-state index contributed by atoms with van der Waals surface area (Å²) in [5.74, 6) is 0.417. The second kappa shape index (κ2) is 5.64. The third-order valence-electron chi connectivity index (χ3n) is 2.90. The topological polar surface area (TPSA) is 52.6 Å². The molecule has 1 amide bonds. The van der Waals surface area contributed by atoms with Gasteiger partial charge in [-0.15, -0.1) is 0 Å². The summed E-state index contributed by atoms with van der Waals surface area (Å²) in [6.45, 7) is 8.27. The Hall–Kier alpha value is -0.610. The van der Waals surface area contributed by atoms with Crippen molar-refractivity contribution >= 4 is 5.91 Å². The highest BCUT2D eigenvalue weighted by atomic mass is 16.3. The van der Waals surface area contributed by atoms with Gasteiger partial charge in [0.2, 0.25) is 5.91 Å². The fourth-order valence-electron chi connectivity index (χ4n) is 1.89. The maximum absolute atomic E-state index is 11.9. The molecule has 4 nitrogen and oxygen atoms in total. The first-order chi connectivity index (χ1) is 7.42. The average Bonchev–Trinajstić information content (AvgIpc) is 2.25. The van der Waals surface area contributed by atoms with Crippen LogP contribution in [0.25, 0.3) is 0 Å². The SMILES string of the molecule is CC(C)(C)NCC(=O)N1CCCC(CO)C1. The van der Waals surface area contributed by atoms with E-state index in [2.05, 4.69) is 5.32 Å². The van der Waals surface area contributed by atoms with Crippen LogP contribution in [0.3, 0.4) is 0 Å². The van der Waals surface area contributed by atoms with E-state index in [-0.39, 0.29) is 24.0 Å². The van der Waals surface area contributed by atoms with Gasteiger partial charge in [-0.2, -0.15) is 0 Å². The minimum absolute atomic E-state index is 0.0260. The lowest BCUT2D eigenvalue weighted by molar-refractivity contribution is -0.132. The van der Waals surface area contributed by atoms with Crippen LogP contribution in [0.1, 0.15) is 33.6 Å². The number of nitrogens with one attached hydrogen (secondary N) is 1. The minimum Gasteiger partial charge on any atom is -0.396 e. The molecule has 0 spiro atoms.